The molecule has 0 N–H and O–H groups in total. The first kappa shape index (κ1) is 21.3. The highest BCUT2D eigenvalue weighted by molar-refractivity contribution is 6.14. The van der Waals surface area contributed by atoms with Gasteiger partial charge in [0.05, 0.1) is 18.2 Å². The maximum Gasteiger partial charge on any atom is 0.189 e. The number of carbonyl (C=O) groups is 2. The van der Waals surface area contributed by atoms with E-state index in [2.05, 4.69) is 0 Å². The summed E-state index contributed by atoms with van der Waals surface area (Å²) >= 11 is 0. The maximum absolute atomic E-state index is 13.1. The van der Waals surface area contributed by atoms with E-state index in [-0.39, 0.29) is 11.6 Å². The third kappa shape index (κ3) is 3.87. The van der Waals surface area contributed by atoms with Crippen LogP contribution < -0.4 is 4.74 Å². The zero-order valence-electron chi connectivity index (χ0n) is 18.7. The van der Waals surface area contributed by atoms with Crippen LogP contribution >= 0.6 is 0 Å². The SMILES string of the molecule is COc1cc2c(C(C)=O)c(C)n(-c3ccc(C)cc3)c2cc1C(=O)/C=C/c1ccccc1. The van der Waals surface area contributed by atoms with Crippen molar-refractivity contribution in [3.8, 4) is 11.4 Å². The van der Waals surface area contributed by atoms with Crippen molar-refractivity contribution < 1.29 is 14.3 Å². The van der Waals surface area contributed by atoms with Crippen LogP contribution in [0.1, 0.15) is 44.5 Å². The molecule has 4 heteroatoms. The number of carbonyl (C=O) groups excluding carboxylic acids is 2. The number of benzene rings is 3. The van der Waals surface area contributed by atoms with Gasteiger partial charge in [0.25, 0.3) is 0 Å². The van der Waals surface area contributed by atoms with Gasteiger partial charge in [-0.25, -0.2) is 0 Å². The Kier molecular flexibility index (Phi) is 5.78. The summed E-state index contributed by atoms with van der Waals surface area (Å²) in [5.74, 6) is 0.263. The lowest BCUT2D eigenvalue weighted by atomic mass is 10.0. The van der Waals surface area contributed by atoms with Gasteiger partial charge in [-0.15, -0.1) is 0 Å². The van der Waals surface area contributed by atoms with Gasteiger partial charge in [-0.3, -0.25) is 9.59 Å². The highest BCUT2D eigenvalue weighted by Gasteiger charge is 2.22. The molecule has 0 atom stereocenters. The van der Waals surface area contributed by atoms with E-state index in [1.165, 1.54) is 7.11 Å². The molecule has 0 radical (unpaired) electrons. The third-order valence-corrected chi connectivity index (χ3v) is 5.66. The van der Waals surface area contributed by atoms with Crippen molar-refractivity contribution in [2.24, 2.45) is 0 Å². The molecular formula is C28H25NO3. The van der Waals surface area contributed by atoms with Crippen molar-refractivity contribution in [1.29, 1.82) is 0 Å². The van der Waals surface area contributed by atoms with E-state index in [0.717, 1.165) is 33.4 Å². The van der Waals surface area contributed by atoms with Gasteiger partial charge >= 0.3 is 0 Å². The molecule has 0 aliphatic carbocycles. The average molecular weight is 424 g/mol. The van der Waals surface area contributed by atoms with Gasteiger partial charge in [0.1, 0.15) is 5.75 Å². The van der Waals surface area contributed by atoms with Gasteiger partial charge in [-0.1, -0.05) is 54.1 Å². The van der Waals surface area contributed by atoms with Gasteiger partial charge in [0.2, 0.25) is 0 Å². The molecule has 0 bridgehead atoms. The summed E-state index contributed by atoms with van der Waals surface area (Å²) in [7, 11) is 1.54. The first-order valence-corrected chi connectivity index (χ1v) is 10.5. The fourth-order valence-corrected chi connectivity index (χ4v) is 4.10. The second-order valence-corrected chi connectivity index (χ2v) is 7.87. The van der Waals surface area contributed by atoms with Crippen LogP contribution in [0.3, 0.4) is 0 Å². The molecule has 0 unspecified atom stereocenters. The van der Waals surface area contributed by atoms with Crippen molar-refractivity contribution in [2.45, 2.75) is 20.8 Å². The van der Waals surface area contributed by atoms with Crippen LogP contribution in [0.4, 0.5) is 0 Å². The number of ketones is 2. The summed E-state index contributed by atoms with van der Waals surface area (Å²) in [5.41, 5.74) is 5.76. The molecule has 4 aromatic rings. The van der Waals surface area contributed by atoms with Crippen LogP contribution in [-0.2, 0) is 0 Å². The van der Waals surface area contributed by atoms with E-state index < -0.39 is 0 Å². The predicted octanol–water partition coefficient (Wildman–Crippen LogP) is 6.35. The number of hydrogen-bond acceptors (Lipinski definition) is 3. The number of nitrogens with zero attached hydrogens (tertiary/aromatic N) is 1. The second kappa shape index (κ2) is 8.67. The Bertz CT molecular complexity index is 1340. The third-order valence-electron chi connectivity index (χ3n) is 5.66. The average Bonchev–Trinajstić information content (AvgIpc) is 3.08. The normalized spacial score (nSPS) is 11.2. The summed E-state index contributed by atoms with van der Waals surface area (Å²) in [5, 5.41) is 0.774. The smallest absolute Gasteiger partial charge is 0.189 e. The maximum atomic E-state index is 13.1. The largest absolute Gasteiger partial charge is 0.496 e. The van der Waals surface area contributed by atoms with E-state index in [1.807, 2.05) is 79.1 Å². The van der Waals surface area contributed by atoms with Crippen molar-refractivity contribution in [3.05, 3.63) is 101 Å². The van der Waals surface area contributed by atoms with Crippen LogP contribution in [-0.4, -0.2) is 23.2 Å². The molecule has 1 heterocycles. The van der Waals surface area contributed by atoms with Crippen molar-refractivity contribution in [2.75, 3.05) is 7.11 Å². The zero-order valence-corrected chi connectivity index (χ0v) is 18.7. The van der Waals surface area contributed by atoms with Crippen molar-refractivity contribution in [3.63, 3.8) is 0 Å². The first-order chi connectivity index (χ1) is 15.4. The molecule has 0 amide bonds. The lowest BCUT2D eigenvalue weighted by Gasteiger charge is -2.11. The Hall–Kier alpha value is -3.92. The molecule has 4 nitrogen and oxygen atoms in total. The predicted molar refractivity (Wildman–Crippen MR) is 129 cm³/mol. The van der Waals surface area contributed by atoms with Crippen LogP contribution in [0.25, 0.3) is 22.7 Å². The molecule has 3 aromatic carbocycles. The Morgan fingerprint density at radius 2 is 1.62 bits per heavy atom. The van der Waals surface area contributed by atoms with E-state index in [0.29, 0.717) is 16.9 Å². The highest BCUT2D eigenvalue weighted by atomic mass is 16.5. The van der Waals surface area contributed by atoms with Crippen LogP contribution in [0.2, 0.25) is 0 Å². The number of ether oxygens (including phenoxy) is 1. The molecule has 0 aliphatic rings. The monoisotopic (exact) mass is 423 g/mol. The number of Topliss-reactive ketones (excluding diaryl/α,β-unsaturated/α-hetero) is 1. The van der Waals surface area contributed by atoms with E-state index in [4.69, 9.17) is 4.74 Å². The number of fused-ring (bicyclic) bond motifs is 1. The van der Waals surface area contributed by atoms with Crippen LogP contribution in [0, 0.1) is 13.8 Å². The molecule has 0 aliphatic heterocycles. The number of aromatic nitrogens is 1. The van der Waals surface area contributed by atoms with Gasteiger partial charge in [-0.2, -0.15) is 0 Å². The molecule has 1 aromatic heterocycles. The van der Waals surface area contributed by atoms with E-state index >= 15 is 0 Å². The van der Waals surface area contributed by atoms with Gasteiger partial charge in [0.15, 0.2) is 11.6 Å². The zero-order chi connectivity index (χ0) is 22.8. The summed E-state index contributed by atoms with van der Waals surface area (Å²) < 4.78 is 7.59. The number of allylic oxidation sites excluding steroid dienone is 1. The molecule has 0 spiro atoms. The molecule has 0 fully saturated rings. The summed E-state index contributed by atoms with van der Waals surface area (Å²) in [4.78, 5) is 25.6. The number of hydrogen-bond donors (Lipinski definition) is 0. The Morgan fingerprint density at radius 3 is 2.25 bits per heavy atom. The highest BCUT2D eigenvalue weighted by Crippen LogP contribution is 2.35. The number of methoxy groups -OCH3 is 1. The minimum Gasteiger partial charge on any atom is -0.496 e. The quantitative estimate of drug-likeness (QED) is 0.268. The van der Waals surface area contributed by atoms with Gasteiger partial charge in [-0.05, 0) is 56.7 Å². The summed E-state index contributed by atoms with van der Waals surface area (Å²) in [6.45, 7) is 5.53. The van der Waals surface area contributed by atoms with Crippen LogP contribution in [0.15, 0.2) is 72.8 Å². The minimum atomic E-state index is -0.161. The van der Waals surface area contributed by atoms with Gasteiger partial charge < -0.3 is 9.30 Å². The lowest BCUT2D eigenvalue weighted by molar-refractivity contribution is 0.101. The number of aryl methyl sites for hydroxylation is 1. The fraction of sp³-hybridized carbons (Fsp3) is 0.143. The topological polar surface area (TPSA) is 48.3 Å². The summed E-state index contributed by atoms with van der Waals surface area (Å²) in [6, 6.07) is 21.4. The fourth-order valence-electron chi connectivity index (χ4n) is 4.10. The molecule has 0 saturated heterocycles. The molecule has 160 valence electrons. The summed E-state index contributed by atoms with van der Waals surface area (Å²) in [6.07, 6.45) is 3.34. The molecule has 0 saturated carbocycles. The Balaban J connectivity index is 1.92. The second-order valence-electron chi connectivity index (χ2n) is 7.87. The molecule has 4 rings (SSSR count). The lowest BCUT2D eigenvalue weighted by Crippen LogP contribution is -2.01. The van der Waals surface area contributed by atoms with Gasteiger partial charge in [0, 0.05) is 22.3 Å². The standard InChI is InChI=1S/C28H25NO3/c1-18-10-13-22(14-11-18)29-19(2)28(20(3)30)23-17-27(32-4)24(16-25(23)29)26(31)15-12-21-8-6-5-7-9-21/h5-17H,1-4H3/b15-12+. The van der Waals surface area contributed by atoms with Crippen molar-refractivity contribution in [1.82, 2.24) is 4.57 Å². The minimum absolute atomic E-state index is 0.0246. The molecule has 32 heavy (non-hydrogen) atoms. The molecular weight excluding hydrogens is 398 g/mol. The van der Waals surface area contributed by atoms with Crippen LogP contribution in [0.5, 0.6) is 5.75 Å². The number of rotatable bonds is 6. The first-order valence-electron chi connectivity index (χ1n) is 10.5. The van der Waals surface area contributed by atoms with Crippen molar-refractivity contribution >= 4 is 28.5 Å². The Labute approximate surface area is 187 Å². The van der Waals surface area contributed by atoms with E-state index in [1.54, 1.807) is 25.1 Å². The Morgan fingerprint density at radius 1 is 0.938 bits per heavy atom. The van der Waals surface area contributed by atoms with E-state index in [9.17, 15) is 9.59 Å².